The van der Waals surface area contributed by atoms with E-state index in [1.54, 1.807) is 43.7 Å². The maximum Gasteiger partial charge on any atom is 0.350 e. The molecule has 10 heteroatoms. The highest BCUT2D eigenvalue weighted by Gasteiger charge is 2.22. The van der Waals surface area contributed by atoms with Gasteiger partial charge < -0.3 is 9.64 Å². The molecule has 4 aromatic rings. The Bertz CT molecular complexity index is 1330. The van der Waals surface area contributed by atoms with Gasteiger partial charge in [-0.15, -0.1) is 0 Å². The normalized spacial score (nSPS) is 12.9. The molecule has 1 aromatic carbocycles. The van der Waals surface area contributed by atoms with Gasteiger partial charge in [-0.25, -0.2) is 14.5 Å². The number of benzene rings is 1. The van der Waals surface area contributed by atoms with Gasteiger partial charge in [0, 0.05) is 36.8 Å². The number of fused-ring (bicyclic) bond motifs is 2. The van der Waals surface area contributed by atoms with Crippen molar-refractivity contribution in [1.82, 2.24) is 24.6 Å². The third kappa shape index (κ3) is 3.44. The molecule has 0 radical (unpaired) electrons. The van der Waals surface area contributed by atoms with Crippen LogP contribution in [0.1, 0.15) is 10.4 Å². The molecule has 31 heavy (non-hydrogen) atoms. The first-order chi connectivity index (χ1) is 15.1. The number of aryl methyl sites for hydroxylation is 1. The van der Waals surface area contributed by atoms with Crippen LogP contribution in [0.5, 0.6) is 5.75 Å². The Morgan fingerprint density at radius 1 is 1.16 bits per heavy atom. The average molecular weight is 417 g/mol. The van der Waals surface area contributed by atoms with E-state index in [1.807, 2.05) is 24.3 Å². The number of carbonyl (C=O) groups is 1. The van der Waals surface area contributed by atoms with Gasteiger partial charge in [0.05, 0.1) is 12.2 Å². The summed E-state index contributed by atoms with van der Waals surface area (Å²) >= 11 is 0. The second-order valence-corrected chi connectivity index (χ2v) is 7.00. The number of carbonyl (C=O) groups excluding carboxylic acids is 1. The van der Waals surface area contributed by atoms with Crippen molar-refractivity contribution >= 4 is 28.7 Å². The van der Waals surface area contributed by atoms with Crippen molar-refractivity contribution in [1.29, 1.82) is 0 Å². The van der Waals surface area contributed by atoms with Gasteiger partial charge in [0.1, 0.15) is 18.2 Å². The van der Waals surface area contributed by atoms with Gasteiger partial charge in [-0.05, 0) is 36.4 Å². The number of aromatic nitrogens is 4. The van der Waals surface area contributed by atoms with Gasteiger partial charge in [-0.1, -0.05) is 6.07 Å². The summed E-state index contributed by atoms with van der Waals surface area (Å²) in [4.78, 5) is 30.7. The third-order valence-electron chi connectivity index (χ3n) is 5.02. The summed E-state index contributed by atoms with van der Waals surface area (Å²) in [6, 6.07) is 14.4. The maximum atomic E-state index is 12.5. The Hall–Kier alpha value is -4.34. The molecule has 0 saturated heterocycles. The summed E-state index contributed by atoms with van der Waals surface area (Å²) in [5.41, 5.74) is 7.96. The molecule has 1 aliphatic heterocycles. The van der Waals surface area contributed by atoms with E-state index in [9.17, 15) is 9.59 Å². The molecule has 2 N–H and O–H groups in total. The largest absolute Gasteiger partial charge is 0.490 e. The second-order valence-electron chi connectivity index (χ2n) is 7.00. The van der Waals surface area contributed by atoms with Gasteiger partial charge in [0.25, 0.3) is 5.91 Å². The van der Waals surface area contributed by atoms with Gasteiger partial charge >= 0.3 is 5.69 Å². The first-order valence-corrected chi connectivity index (χ1v) is 9.67. The van der Waals surface area contributed by atoms with E-state index in [2.05, 4.69) is 25.8 Å². The smallest absolute Gasteiger partial charge is 0.350 e. The standard InChI is InChI=1S/C21H19N7O3/c1-26-21(30)28-9-7-15(13-19(28)25-26)27-10-11-31-17-12-14(5-6-16(17)27)20(29)24-23-18-4-2-3-8-22-18/h2-9,12-13H,10-11H2,1H3,(H,22,23)(H,24,29). The summed E-state index contributed by atoms with van der Waals surface area (Å²) in [5.74, 6) is 0.846. The first kappa shape index (κ1) is 18.7. The molecule has 0 atom stereocenters. The van der Waals surface area contributed by atoms with Crippen LogP contribution in [0.3, 0.4) is 0 Å². The Kier molecular flexibility index (Phi) is 4.51. The zero-order chi connectivity index (χ0) is 21.4. The van der Waals surface area contributed by atoms with Crippen LogP contribution in [-0.4, -0.2) is 38.2 Å². The summed E-state index contributed by atoms with van der Waals surface area (Å²) in [7, 11) is 1.62. The molecular weight excluding hydrogens is 398 g/mol. The lowest BCUT2D eigenvalue weighted by Crippen LogP contribution is -2.31. The second kappa shape index (κ2) is 7.48. The summed E-state index contributed by atoms with van der Waals surface area (Å²) in [6.07, 6.45) is 3.34. The molecule has 0 spiro atoms. The van der Waals surface area contributed by atoms with Gasteiger partial charge in [-0.2, -0.15) is 5.10 Å². The van der Waals surface area contributed by atoms with Crippen LogP contribution < -0.4 is 26.2 Å². The van der Waals surface area contributed by atoms with E-state index < -0.39 is 0 Å². The monoisotopic (exact) mass is 417 g/mol. The zero-order valence-corrected chi connectivity index (χ0v) is 16.6. The molecule has 4 heterocycles. The summed E-state index contributed by atoms with van der Waals surface area (Å²) < 4.78 is 8.60. The number of nitrogens with zero attached hydrogens (tertiary/aromatic N) is 5. The third-order valence-corrected chi connectivity index (χ3v) is 5.02. The van der Waals surface area contributed by atoms with Crippen LogP contribution in [0.4, 0.5) is 17.2 Å². The molecule has 0 bridgehead atoms. The predicted molar refractivity (Wildman–Crippen MR) is 115 cm³/mol. The van der Waals surface area contributed by atoms with Gasteiger partial charge in [0.15, 0.2) is 5.65 Å². The molecule has 1 amide bonds. The highest BCUT2D eigenvalue weighted by molar-refractivity contribution is 5.96. The van der Waals surface area contributed by atoms with Crippen molar-refractivity contribution < 1.29 is 9.53 Å². The Morgan fingerprint density at radius 2 is 2.06 bits per heavy atom. The minimum Gasteiger partial charge on any atom is -0.490 e. The molecule has 0 unspecified atom stereocenters. The number of hydrazine groups is 1. The van der Waals surface area contributed by atoms with E-state index in [-0.39, 0.29) is 11.6 Å². The van der Waals surface area contributed by atoms with E-state index in [0.29, 0.717) is 35.9 Å². The molecule has 0 saturated carbocycles. The molecule has 3 aromatic heterocycles. The number of ether oxygens (including phenoxy) is 1. The fraction of sp³-hybridized carbons (Fsp3) is 0.143. The SMILES string of the molecule is Cn1nc2cc(N3CCOc4cc(C(=O)NNc5ccccn5)ccc43)ccn2c1=O. The van der Waals surface area contributed by atoms with Gasteiger partial charge in [0.2, 0.25) is 0 Å². The number of hydrogen-bond donors (Lipinski definition) is 2. The molecule has 1 aliphatic rings. The van der Waals surface area contributed by atoms with Crippen LogP contribution in [0.15, 0.2) is 65.7 Å². The fourth-order valence-electron chi connectivity index (χ4n) is 3.50. The number of rotatable bonds is 4. The Morgan fingerprint density at radius 3 is 2.90 bits per heavy atom. The van der Waals surface area contributed by atoms with Crippen molar-refractivity contribution in [2.75, 3.05) is 23.5 Å². The van der Waals surface area contributed by atoms with Crippen molar-refractivity contribution in [2.45, 2.75) is 0 Å². The summed E-state index contributed by atoms with van der Waals surface area (Å²) in [5, 5.41) is 4.25. The minimum absolute atomic E-state index is 0.195. The lowest BCUT2D eigenvalue weighted by atomic mass is 10.1. The summed E-state index contributed by atoms with van der Waals surface area (Å²) in [6.45, 7) is 1.09. The number of pyridine rings is 2. The Balaban J connectivity index is 1.40. The Labute approximate surface area is 176 Å². The number of amides is 1. The number of anilines is 3. The topological polar surface area (TPSA) is 106 Å². The number of hydrogen-bond acceptors (Lipinski definition) is 7. The van der Waals surface area contributed by atoms with E-state index >= 15 is 0 Å². The quantitative estimate of drug-likeness (QED) is 0.487. The van der Waals surface area contributed by atoms with Crippen LogP contribution in [0, 0.1) is 0 Å². The lowest BCUT2D eigenvalue weighted by molar-refractivity contribution is 0.0962. The van der Waals surface area contributed by atoms with Crippen molar-refractivity contribution in [3.8, 4) is 5.75 Å². The maximum absolute atomic E-state index is 12.5. The van der Waals surface area contributed by atoms with Gasteiger partial charge in [-0.3, -0.25) is 20.0 Å². The molecule has 0 fully saturated rings. The first-order valence-electron chi connectivity index (χ1n) is 9.67. The zero-order valence-electron chi connectivity index (χ0n) is 16.6. The average Bonchev–Trinajstić information content (AvgIpc) is 3.10. The fourth-order valence-corrected chi connectivity index (χ4v) is 3.50. The van der Waals surface area contributed by atoms with Crippen molar-refractivity contribution in [3.05, 3.63) is 77.0 Å². The predicted octanol–water partition coefficient (Wildman–Crippen LogP) is 1.72. The minimum atomic E-state index is -0.302. The molecular formula is C21H19N7O3. The van der Waals surface area contributed by atoms with Crippen LogP contribution in [-0.2, 0) is 7.05 Å². The highest BCUT2D eigenvalue weighted by Crippen LogP contribution is 2.37. The molecule has 10 nitrogen and oxygen atoms in total. The van der Waals surface area contributed by atoms with E-state index in [0.717, 1.165) is 11.4 Å². The van der Waals surface area contributed by atoms with E-state index in [1.165, 1.54) is 9.08 Å². The molecule has 156 valence electrons. The molecule has 5 rings (SSSR count). The van der Waals surface area contributed by atoms with Crippen molar-refractivity contribution in [3.63, 3.8) is 0 Å². The van der Waals surface area contributed by atoms with E-state index in [4.69, 9.17) is 4.74 Å². The number of nitrogens with one attached hydrogen (secondary N) is 2. The van der Waals surface area contributed by atoms with Crippen molar-refractivity contribution in [2.24, 2.45) is 7.05 Å². The molecule has 0 aliphatic carbocycles. The lowest BCUT2D eigenvalue weighted by Gasteiger charge is -2.31. The van der Waals surface area contributed by atoms with Crippen LogP contribution in [0.25, 0.3) is 5.65 Å². The van der Waals surface area contributed by atoms with Crippen LogP contribution in [0.2, 0.25) is 0 Å². The highest BCUT2D eigenvalue weighted by atomic mass is 16.5. The van der Waals surface area contributed by atoms with Crippen LogP contribution >= 0.6 is 0 Å².